The van der Waals surface area contributed by atoms with Gasteiger partial charge in [0.2, 0.25) is 0 Å². The smallest absolute Gasteiger partial charge is 0.410 e. The Kier molecular flexibility index (Phi) is 12.6. The van der Waals surface area contributed by atoms with Crippen molar-refractivity contribution in [3.8, 4) is 34.4 Å². The van der Waals surface area contributed by atoms with Crippen molar-refractivity contribution in [3.63, 3.8) is 0 Å². The maximum Gasteiger partial charge on any atom is 0.410 e. The average Bonchev–Trinajstić information content (AvgIpc) is 3.10. The molecule has 1 aliphatic rings. The van der Waals surface area contributed by atoms with Gasteiger partial charge in [-0.15, -0.1) is 5.54 Å². The lowest BCUT2D eigenvalue weighted by atomic mass is 9.92. The maximum atomic E-state index is 17.1. The topological polar surface area (TPSA) is 101 Å². The van der Waals surface area contributed by atoms with E-state index in [9.17, 15) is 10.1 Å². The number of hydrogen-bond donors (Lipinski definition) is 0. The van der Waals surface area contributed by atoms with Gasteiger partial charge in [-0.2, -0.15) is 19.6 Å². The molecule has 0 saturated carbocycles. The molecular weight excluding hydrogens is 743 g/mol. The highest BCUT2D eigenvalue weighted by Crippen LogP contribution is 2.43. The normalized spacial score (nSPS) is 15.1. The quantitative estimate of drug-likeness (QED) is 0.0543. The molecule has 0 radical (unpaired) electrons. The Hall–Kier alpha value is -4.92. The van der Waals surface area contributed by atoms with Crippen molar-refractivity contribution in [3.05, 3.63) is 59.4 Å². The molecule has 1 unspecified atom stereocenters. The van der Waals surface area contributed by atoms with E-state index in [1.54, 1.807) is 31.7 Å². The van der Waals surface area contributed by atoms with Crippen LogP contribution in [-0.2, 0) is 9.47 Å². The van der Waals surface area contributed by atoms with Crippen LogP contribution in [0.25, 0.3) is 32.8 Å². The van der Waals surface area contributed by atoms with Gasteiger partial charge < -0.3 is 24.0 Å². The van der Waals surface area contributed by atoms with Crippen molar-refractivity contribution in [2.45, 2.75) is 97.0 Å². The van der Waals surface area contributed by atoms with Crippen LogP contribution in [0.4, 0.5) is 28.2 Å². The largest absolute Gasteiger partial charge is 0.468 e. The molecular formula is C42H49F4N5O4Si. The van der Waals surface area contributed by atoms with Crippen LogP contribution in [-0.4, -0.2) is 74.2 Å². The maximum absolute atomic E-state index is 17.1. The second-order valence-corrected chi connectivity index (χ2v) is 21.7. The first-order valence-electron chi connectivity index (χ1n) is 18.7. The minimum atomic E-state index is -2.39. The zero-order valence-corrected chi connectivity index (χ0v) is 34.6. The van der Waals surface area contributed by atoms with Crippen LogP contribution in [0.15, 0.2) is 30.3 Å². The molecule has 3 aromatic carbocycles. The Labute approximate surface area is 327 Å². The van der Waals surface area contributed by atoms with E-state index in [0.29, 0.717) is 5.39 Å². The lowest BCUT2D eigenvalue weighted by Gasteiger charge is -2.41. The van der Waals surface area contributed by atoms with Crippen molar-refractivity contribution in [1.29, 1.82) is 5.26 Å². The first-order valence-corrected chi connectivity index (χ1v) is 21.0. The van der Waals surface area contributed by atoms with E-state index in [1.165, 1.54) is 30.2 Å². The Morgan fingerprint density at radius 3 is 2.27 bits per heavy atom. The van der Waals surface area contributed by atoms with Gasteiger partial charge in [-0.05, 0) is 67.0 Å². The van der Waals surface area contributed by atoms with Gasteiger partial charge in [0.05, 0.1) is 29.7 Å². The van der Waals surface area contributed by atoms with E-state index in [2.05, 4.69) is 69.0 Å². The molecule has 1 aromatic heterocycles. The number of aromatic nitrogens is 2. The summed E-state index contributed by atoms with van der Waals surface area (Å²) in [7, 11) is -0.968. The summed E-state index contributed by atoms with van der Waals surface area (Å²) in [6.45, 7) is 17.9. The summed E-state index contributed by atoms with van der Waals surface area (Å²) in [6, 6.07) is 8.16. The summed E-state index contributed by atoms with van der Waals surface area (Å²) in [5.41, 5.74) is 2.26. The first-order chi connectivity index (χ1) is 26.3. The van der Waals surface area contributed by atoms with Gasteiger partial charge in [-0.3, -0.25) is 0 Å². The van der Waals surface area contributed by atoms with Gasteiger partial charge in [0.1, 0.15) is 42.4 Å². The molecule has 1 amide bonds. The number of piperazine rings is 1. The average molecular weight is 792 g/mol. The molecule has 0 spiro atoms. The highest BCUT2D eigenvalue weighted by atomic mass is 28.3. The molecule has 56 heavy (non-hydrogen) atoms. The van der Waals surface area contributed by atoms with Gasteiger partial charge in [-0.25, -0.2) is 18.0 Å². The van der Waals surface area contributed by atoms with Crippen LogP contribution >= 0.6 is 0 Å². The third kappa shape index (κ3) is 8.28. The van der Waals surface area contributed by atoms with Crippen LogP contribution in [0.2, 0.25) is 16.6 Å². The zero-order valence-electron chi connectivity index (χ0n) is 33.6. The van der Waals surface area contributed by atoms with Crippen LogP contribution in [0.1, 0.15) is 74.3 Å². The number of nitriles is 1. The molecule has 0 aliphatic carbocycles. The molecule has 298 valence electrons. The summed E-state index contributed by atoms with van der Waals surface area (Å²) in [6.07, 6.45) is -1.97. The summed E-state index contributed by atoms with van der Waals surface area (Å²) in [5, 5.41) is 10.0. The number of nitrogens with zero attached hydrogens (tertiary/aromatic N) is 5. The van der Waals surface area contributed by atoms with Gasteiger partial charge in [0.15, 0.2) is 12.6 Å². The number of hydrogen-bond acceptors (Lipinski definition) is 8. The second-order valence-electron chi connectivity index (χ2n) is 16.1. The van der Waals surface area contributed by atoms with E-state index in [0.717, 1.165) is 6.07 Å². The van der Waals surface area contributed by atoms with Crippen molar-refractivity contribution in [1.82, 2.24) is 14.9 Å². The molecule has 2 heterocycles. The van der Waals surface area contributed by atoms with Gasteiger partial charge in [0.25, 0.3) is 0 Å². The summed E-state index contributed by atoms with van der Waals surface area (Å²) < 4.78 is 81.6. The fraction of sp³-hybridized carbons (Fsp3) is 0.476. The van der Waals surface area contributed by atoms with E-state index in [-0.39, 0.29) is 82.9 Å². The van der Waals surface area contributed by atoms with E-state index < -0.39 is 60.4 Å². The standard InChI is InChI=1S/C42H49F4N5O4Si/c1-24(2)56(25(3)4,26(5)6)18-14-30-33(43)12-11-27-19-29(54-23-53-10)20-31(35(27)30)36-34(44)21-32-38(37(36)45)48-40(46)49-39(32)50-16-17-51(28(22-50)13-15-47)41(52)55-42(7,8)9/h11-12,19-21,24-26,28H,13,16-17,22-23H2,1-10H3. The van der Waals surface area contributed by atoms with Crippen LogP contribution in [0, 0.1) is 46.3 Å². The van der Waals surface area contributed by atoms with Crippen LogP contribution < -0.4 is 9.64 Å². The first kappa shape index (κ1) is 42.2. The summed E-state index contributed by atoms with van der Waals surface area (Å²) in [5.74, 6) is 0.334. The van der Waals surface area contributed by atoms with Gasteiger partial charge in [0, 0.05) is 43.1 Å². The van der Waals surface area contributed by atoms with Crippen molar-refractivity contribution >= 4 is 41.7 Å². The molecule has 0 bridgehead atoms. The minimum absolute atomic E-state index is 0.00209. The third-order valence-corrected chi connectivity index (χ3v) is 16.8. The number of ether oxygens (including phenoxy) is 3. The number of fused-ring (bicyclic) bond motifs is 2. The van der Waals surface area contributed by atoms with E-state index >= 15 is 17.6 Å². The highest BCUT2D eigenvalue weighted by Gasteiger charge is 2.42. The van der Waals surface area contributed by atoms with E-state index in [4.69, 9.17) is 14.2 Å². The number of amides is 1. The van der Waals surface area contributed by atoms with Crippen LogP contribution in [0.3, 0.4) is 0 Å². The molecule has 1 aliphatic heterocycles. The predicted molar refractivity (Wildman–Crippen MR) is 212 cm³/mol. The number of methoxy groups -OCH3 is 1. The number of halogens is 4. The van der Waals surface area contributed by atoms with Crippen molar-refractivity contribution in [2.24, 2.45) is 0 Å². The number of rotatable bonds is 9. The SMILES string of the molecule is COCOc1cc(-c2c(F)cc3c(N4CCN(C(=O)OC(C)(C)C)C(CC#N)C4)nc(F)nc3c2F)c2c(C#C[Si](C(C)C)(C(C)C)C(C)C)c(F)ccc2c1. The second kappa shape index (κ2) is 16.7. The lowest BCUT2D eigenvalue weighted by molar-refractivity contribution is 0.0145. The third-order valence-electron chi connectivity index (χ3n) is 10.5. The van der Waals surface area contributed by atoms with E-state index in [1.807, 2.05) is 0 Å². The minimum Gasteiger partial charge on any atom is -0.468 e. The Morgan fingerprint density at radius 2 is 1.66 bits per heavy atom. The monoisotopic (exact) mass is 791 g/mol. The Morgan fingerprint density at radius 1 is 0.982 bits per heavy atom. The fourth-order valence-corrected chi connectivity index (χ4v) is 13.3. The molecule has 1 fully saturated rings. The van der Waals surface area contributed by atoms with Crippen molar-refractivity contribution in [2.75, 3.05) is 38.4 Å². The molecule has 1 atom stereocenters. The number of benzene rings is 3. The van der Waals surface area contributed by atoms with Crippen LogP contribution in [0.5, 0.6) is 5.75 Å². The van der Waals surface area contributed by atoms with Gasteiger partial charge >= 0.3 is 12.2 Å². The molecule has 5 rings (SSSR count). The molecule has 4 aromatic rings. The molecule has 1 saturated heterocycles. The lowest BCUT2D eigenvalue weighted by Crippen LogP contribution is -2.56. The highest BCUT2D eigenvalue weighted by molar-refractivity contribution is 6.90. The Bertz CT molecular complexity index is 2220. The summed E-state index contributed by atoms with van der Waals surface area (Å²) in [4.78, 5) is 23.7. The number of anilines is 1. The molecule has 9 nitrogen and oxygen atoms in total. The number of carbonyl (C=O) groups excluding carboxylic acids is 1. The van der Waals surface area contributed by atoms with Gasteiger partial charge in [-0.1, -0.05) is 53.5 Å². The Balaban J connectivity index is 1.74. The molecule has 14 heteroatoms. The molecule has 0 N–H and O–H groups in total. The van der Waals surface area contributed by atoms with Crippen molar-refractivity contribution < 1.29 is 36.6 Å². The zero-order chi connectivity index (χ0) is 41.3. The fourth-order valence-electron chi connectivity index (χ4n) is 8.08. The number of carbonyl (C=O) groups is 1. The summed E-state index contributed by atoms with van der Waals surface area (Å²) >= 11 is 0. The predicted octanol–water partition coefficient (Wildman–Crippen LogP) is 9.90.